The minimum absolute atomic E-state index is 0.0616. The van der Waals surface area contributed by atoms with E-state index in [1.165, 1.54) is 0 Å². The molecule has 118 valence electrons. The van der Waals surface area contributed by atoms with E-state index in [4.69, 9.17) is 5.73 Å². The van der Waals surface area contributed by atoms with Crippen molar-refractivity contribution in [2.45, 2.75) is 44.4 Å². The predicted molar refractivity (Wildman–Crippen MR) is 87.6 cm³/mol. The van der Waals surface area contributed by atoms with E-state index in [-0.39, 0.29) is 23.2 Å². The van der Waals surface area contributed by atoms with Crippen LogP contribution in [0.3, 0.4) is 0 Å². The zero-order valence-corrected chi connectivity index (χ0v) is 12.8. The van der Waals surface area contributed by atoms with Crippen LogP contribution in [0, 0.1) is 0 Å². The van der Waals surface area contributed by atoms with Crippen LogP contribution in [0.4, 0.5) is 5.95 Å². The number of nitrogens with two attached hydrogens (primary N) is 1. The number of H-pyrrole nitrogens is 1. The Balaban J connectivity index is 2.10. The first kappa shape index (κ1) is 14.1. The molecule has 0 aromatic carbocycles. The predicted octanol–water partition coefficient (Wildman–Crippen LogP) is 2.24. The Hall–Kier alpha value is -2.50. The van der Waals surface area contributed by atoms with Crippen LogP contribution in [0.1, 0.15) is 59.6 Å². The Morgan fingerprint density at radius 3 is 2.83 bits per heavy atom. The quantitative estimate of drug-likeness (QED) is 0.786. The molecule has 0 spiro atoms. The lowest BCUT2D eigenvalue weighted by molar-refractivity contribution is 0.0970. The Morgan fingerprint density at radius 2 is 2.04 bits per heavy atom. The van der Waals surface area contributed by atoms with E-state index in [2.05, 4.69) is 27.1 Å². The standard InChI is InChI=1S/C17H18N4O2/c18-17-20-15-14(16(23)21-17)12(9-5-2-1-3-6-9)13-10(19-15)7-4-8-11(13)22/h1-2,9H,3-8H2,(H3,18,19,20,21,23)/t9-/m0/s1. The molecule has 1 atom stereocenters. The smallest absolute Gasteiger partial charge is 0.262 e. The summed E-state index contributed by atoms with van der Waals surface area (Å²) in [6.45, 7) is 0. The van der Waals surface area contributed by atoms with Gasteiger partial charge in [0.25, 0.3) is 5.56 Å². The summed E-state index contributed by atoms with van der Waals surface area (Å²) in [5.41, 5.74) is 8.02. The van der Waals surface area contributed by atoms with Gasteiger partial charge in [-0.05, 0) is 43.6 Å². The molecule has 4 rings (SSSR count). The number of aryl methyl sites for hydroxylation is 1. The van der Waals surface area contributed by atoms with Gasteiger partial charge < -0.3 is 5.73 Å². The van der Waals surface area contributed by atoms with Gasteiger partial charge in [0.1, 0.15) is 0 Å². The molecule has 2 aromatic rings. The van der Waals surface area contributed by atoms with Gasteiger partial charge in [0.05, 0.1) is 11.1 Å². The van der Waals surface area contributed by atoms with E-state index in [0.717, 1.165) is 43.4 Å². The number of aromatic nitrogens is 3. The number of aromatic amines is 1. The number of ketones is 1. The van der Waals surface area contributed by atoms with Crippen molar-refractivity contribution in [3.63, 3.8) is 0 Å². The van der Waals surface area contributed by atoms with Gasteiger partial charge in [-0.2, -0.15) is 4.98 Å². The molecule has 2 aliphatic carbocycles. The summed E-state index contributed by atoms with van der Waals surface area (Å²) >= 11 is 0. The highest BCUT2D eigenvalue weighted by Gasteiger charge is 2.30. The molecule has 23 heavy (non-hydrogen) atoms. The number of hydrogen-bond acceptors (Lipinski definition) is 5. The second-order valence-corrected chi connectivity index (χ2v) is 6.26. The van der Waals surface area contributed by atoms with E-state index in [1.807, 2.05) is 0 Å². The molecular weight excluding hydrogens is 292 g/mol. The molecule has 2 heterocycles. The van der Waals surface area contributed by atoms with E-state index < -0.39 is 0 Å². The highest BCUT2D eigenvalue weighted by Crippen LogP contribution is 2.37. The van der Waals surface area contributed by atoms with Crippen molar-refractivity contribution in [2.24, 2.45) is 0 Å². The molecule has 2 aromatic heterocycles. The third-order valence-corrected chi connectivity index (χ3v) is 4.76. The first-order chi connectivity index (χ1) is 11.1. The second kappa shape index (κ2) is 5.30. The molecular formula is C17H18N4O2. The van der Waals surface area contributed by atoms with Gasteiger partial charge in [-0.25, -0.2) is 4.98 Å². The van der Waals surface area contributed by atoms with Gasteiger partial charge in [-0.3, -0.25) is 14.6 Å². The summed E-state index contributed by atoms with van der Waals surface area (Å²) < 4.78 is 0. The lowest BCUT2D eigenvalue weighted by Crippen LogP contribution is -2.23. The van der Waals surface area contributed by atoms with Gasteiger partial charge in [-0.15, -0.1) is 0 Å². The highest BCUT2D eigenvalue weighted by atomic mass is 16.1. The van der Waals surface area contributed by atoms with Crippen LogP contribution in [0.25, 0.3) is 11.0 Å². The number of carbonyl (C=O) groups excluding carboxylic acids is 1. The SMILES string of the molecule is Nc1nc2nc3c(c([C@H]4CC=CCC4)c2c(=O)[nH]1)C(=O)CCC3. The van der Waals surface area contributed by atoms with E-state index in [1.54, 1.807) is 0 Å². The number of pyridine rings is 1. The summed E-state index contributed by atoms with van der Waals surface area (Å²) in [5.74, 6) is 0.320. The Bertz CT molecular complexity index is 898. The summed E-state index contributed by atoms with van der Waals surface area (Å²) in [5, 5.41) is 0.438. The molecule has 3 N–H and O–H groups in total. The third-order valence-electron chi connectivity index (χ3n) is 4.76. The molecule has 6 heteroatoms. The molecule has 0 fully saturated rings. The zero-order valence-electron chi connectivity index (χ0n) is 12.8. The number of hydrogen-bond donors (Lipinski definition) is 2. The normalized spacial score (nSPS) is 20.7. The Labute approximate surface area is 132 Å². The summed E-state index contributed by atoms with van der Waals surface area (Å²) in [7, 11) is 0. The van der Waals surface area contributed by atoms with E-state index >= 15 is 0 Å². The number of nitrogens with one attached hydrogen (secondary N) is 1. The number of rotatable bonds is 1. The minimum Gasteiger partial charge on any atom is -0.369 e. The monoisotopic (exact) mass is 310 g/mol. The van der Waals surface area contributed by atoms with Gasteiger partial charge in [0, 0.05) is 12.0 Å². The molecule has 2 aliphatic rings. The molecule has 0 amide bonds. The van der Waals surface area contributed by atoms with Crippen molar-refractivity contribution < 1.29 is 4.79 Å². The third kappa shape index (κ3) is 2.25. The van der Waals surface area contributed by atoms with Gasteiger partial charge in [-0.1, -0.05) is 12.2 Å². The fourth-order valence-electron chi connectivity index (χ4n) is 3.76. The Morgan fingerprint density at radius 1 is 1.17 bits per heavy atom. The lowest BCUT2D eigenvalue weighted by Gasteiger charge is -2.25. The van der Waals surface area contributed by atoms with Gasteiger partial charge >= 0.3 is 0 Å². The molecule has 0 saturated carbocycles. The maximum atomic E-state index is 12.6. The van der Waals surface area contributed by atoms with Gasteiger partial charge in [0.15, 0.2) is 11.4 Å². The number of anilines is 1. The fourth-order valence-corrected chi connectivity index (χ4v) is 3.76. The average molecular weight is 310 g/mol. The number of nitrogen functional groups attached to an aromatic ring is 1. The number of carbonyl (C=O) groups is 1. The number of nitrogens with zero attached hydrogens (tertiary/aromatic N) is 2. The van der Waals surface area contributed by atoms with Crippen LogP contribution >= 0.6 is 0 Å². The van der Waals surface area contributed by atoms with Gasteiger partial charge in [0.2, 0.25) is 5.95 Å². The van der Waals surface area contributed by atoms with Crippen molar-refractivity contribution >= 4 is 22.8 Å². The summed E-state index contributed by atoms with van der Waals surface area (Å²) in [6, 6.07) is 0. The van der Waals surface area contributed by atoms with Crippen molar-refractivity contribution in [1.82, 2.24) is 15.0 Å². The lowest BCUT2D eigenvalue weighted by atomic mass is 9.79. The first-order valence-corrected chi connectivity index (χ1v) is 8.05. The largest absolute Gasteiger partial charge is 0.369 e. The van der Waals surface area contributed by atoms with Crippen LogP contribution in [0.5, 0.6) is 0 Å². The van der Waals surface area contributed by atoms with Crippen molar-refractivity contribution in [3.8, 4) is 0 Å². The fraction of sp³-hybridized carbons (Fsp3) is 0.412. The molecule has 0 radical (unpaired) electrons. The Kier molecular flexibility index (Phi) is 3.25. The minimum atomic E-state index is -0.300. The molecule has 0 saturated heterocycles. The van der Waals surface area contributed by atoms with Crippen LogP contribution in [-0.2, 0) is 6.42 Å². The zero-order chi connectivity index (χ0) is 16.0. The molecule has 0 bridgehead atoms. The number of Topliss-reactive ketones (excluding diaryl/α,β-unsaturated/α-hetero) is 1. The molecule has 6 nitrogen and oxygen atoms in total. The van der Waals surface area contributed by atoms with Crippen molar-refractivity contribution in [1.29, 1.82) is 0 Å². The van der Waals surface area contributed by atoms with Crippen LogP contribution in [-0.4, -0.2) is 20.7 Å². The van der Waals surface area contributed by atoms with Crippen molar-refractivity contribution in [3.05, 3.63) is 39.3 Å². The maximum absolute atomic E-state index is 12.6. The average Bonchev–Trinajstić information content (AvgIpc) is 2.54. The van der Waals surface area contributed by atoms with Crippen molar-refractivity contribution in [2.75, 3.05) is 5.73 Å². The first-order valence-electron chi connectivity index (χ1n) is 8.05. The summed E-state index contributed by atoms with van der Waals surface area (Å²) in [4.78, 5) is 36.3. The summed E-state index contributed by atoms with van der Waals surface area (Å²) in [6.07, 6.45) is 9.07. The highest BCUT2D eigenvalue weighted by molar-refractivity contribution is 6.03. The van der Waals surface area contributed by atoms with Crippen LogP contribution in [0.2, 0.25) is 0 Å². The molecule has 0 unspecified atom stereocenters. The van der Waals surface area contributed by atoms with E-state index in [0.29, 0.717) is 23.0 Å². The van der Waals surface area contributed by atoms with Crippen LogP contribution in [0.15, 0.2) is 16.9 Å². The number of fused-ring (bicyclic) bond motifs is 2. The topological polar surface area (TPSA) is 102 Å². The molecule has 0 aliphatic heterocycles. The maximum Gasteiger partial charge on any atom is 0.262 e. The van der Waals surface area contributed by atoms with Crippen LogP contribution < -0.4 is 11.3 Å². The van der Waals surface area contributed by atoms with E-state index in [9.17, 15) is 9.59 Å². The number of allylic oxidation sites excluding steroid dienone is 2. The second-order valence-electron chi connectivity index (χ2n) is 6.26.